The van der Waals surface area contributed by atoms with Crippen LogP contribution in [-0.2, 0) is 18.4 Å². The van der Waals surface area contributed by atoms with Gasteiger partial charge in [0.15, 0.2) is 0 Å². The number of aryl methyl sites for hydroxylation is 2. The molecule has 0 fully saturated rings. The Morgan fingerprint density at radius 1 is 1.26 bits per heavy atom. The van der Waals surface area contributed by atoms with Crippen molar-refractivity contribution < 1.29 is 26.6 Å². The third-order valence-corrected chi connectivity index (χ3v) is 1.59. The number of Topliss-reactive ketones (excluding diaryl/α,β-unsaturated/α-hetero) is 1. The summed E-state index contributed by atoms with van der Waals surface area (Å²) in [7, 11) is -3.96. The molecule has 0 saturated heterocycles. The molecule has 19 heavy (non-hydrogen) atoms. The van der Waals surface area contributed by atoms with Crippen molar-refractivity contribution in [2.45, 2.75) is 40.2 Å². The Labute approximate surface area is 111 Å². The summed E-state index contributed by atoms with van der Waals surface area (Å²) < 4.78 is 43.3. The molecule has 1 rings (SSSR count). The lowest BCUT2D eigenvalue weighted by Gasteiger charge is -1.94. The molecular weight excluding hydrogens is 263 g/mol. The zero-order valence-corrected chi connectivity index (χ0v) is 11.7. The highest BCUT2D eigenvalue weighted by Gasteiger charge is 2.20. The van der Waals surface area contributed by atoms with Gasteiger partial charge in [-0.2, -0.15) is 0 Å². The molecule has 0 aliphatic heterocycles. The summed E-state index contributed by atoms with van der Waals surface area (Å²) in [6, 6.07) is 0. The zero-order chi connectivity index (χ0) is 15.5. The number of nitrogens with zero attached hydrogens (tertiary/aromatic N) is 2. The molecule has 0 radical (unpaired) electrons. The molecule has 0 spiro atoms. The molecule has 3 nitrogen and oxygen atoms in total. The minimum absolute atomic E-state index is 0.167. The Balaban J connectivity index is 0. The number of imidazole rings is 1. The van der Waals surface area contributed by atoms with Crippen molar-refractivity contribution in [1.82, 2.24) is 4.57 Å². The lowest BCUT2D eigenvalue weighted by atomic mass is 10.3. The van der Waals surface area contributed by atoms with Crippen molar-refractivity contribution in [1.29, 1.82) is 0 Å². The monoisotopic (exact) mass is 284 g/mol. The molecule has 0 aliphatic carbocycles. The second kappa shape index (κ2) is 10.6. The summed E-state index contributed by atoms with van der Waals surface area (Å²) >= 11 is 0. The highest BCUT2D eigenvalue weighted by Crippen LogP contribution is 2.06. The SMILES string of the molecule is CC(C)=O.CCCCn1cc[n+](C)c1.F[B-](F)(F)F. The van der Waals surface area contributed by atoms with Crippen LogP contribution in [-0.4, -0.2) is 17.6 Å². The molecule has 112 valence electrons. The number of aromatic nitrogens is 2. The Kier molecular flexibility index (Phi) is 11.1. The minimum Gasteiger partial charge on any atom is -0.418 e. The van der Waals surface area contributed by atoms with Gasteiger partial charge in [0.1, 0.15) is 18.2 Å². The molecule has 0 atom stereocenters. The zero-order valence-electron chi connectivity index (χ0n) is 11.7. The van der Waals surface area contributed by atoms with Crippen molar-refractivity contribution >= 4 is 13.0 Å². The number of unbranched alkanes of at least 4 members (excludes halogenated alkanes) is 1. The summed E-state index contributed by atoms with van der Waals surface area (Å²) in [5.41, 5.74) is 0. The van der Waals surface area contributed by atoms with Crippen LogP contribution in [0.5, 0.6) is 0 Å². The van der Waals surface area contributed by atoms with Crippen LogP contribution in [0.15, 0.2) is 18.7 Å². The van der Waals surface area contributed by atoms with E-state index in [0.29, 0.717) is 0 Å². The first-order valence-electron chi connectivity index (χ1n) is 5.91. The number of halogens is 4. The maximum Gasteiger partial charge on any atom is 0.673 e. The molecule has 0 N–H and O–H groups in total. The van der Waals surface area contributed by atoms with Gasteiger partial charge in [0.05, 0.1) is 13.6 Å². The van der Waals surface area contributed by atoms with E-state index in [9.17, 15) is 22.1 Å². The Bertz CT molecular complexity index is 343. The molecule has 0 aliphatic rings. The smallest absolute Gasteiger partial charge is 0.418 e. The van der Waals surface area contributed by atoms with Gasteiger partial charge in [-0.15, -0.1) is 0 Å². The first-order valence-corrected chi connectivity index (χ1v) is 5.91. The number of rotatable bonds is 3. The predicted molar refractivity (Wildman–Crippen MR) is 67.1 cm³/mol. The first kappa shape index (κ1) is 20.0. The fourth-order valence-corrected chi connectivity index (χ4v) is 0.975. The van der Waals surface area contributed by atoms with Gasteiger partial charge in [0.2, 0.25) is 6.33 Å². The van der Waals surface area contributed by atoms with Gasteiger partial charge in [-0.25, -0.2) is 9.13 Å². The van der Waals surface area contributed by atoms with Crippen molar-refractivity contribution in [2.24, 2.45) is 7.05 Å². The summed E-state index contributed by atoms with van der Waals surface area (Å²) in [5, 5.41) is 0. The average molecular weight is 284 g/mol. The van der Waals surface area contributed by atoms with Crippen LogP contribution in [0, 0.1) is 0 Å². The third-order valence-electron chi connectivity index (χ3n) is 1.59. The maximum atomic E-state index is 9.75. The largest absolute Gasteiger partial charge is 0.673 e. The normalized spacial score (nSPS) is 9.89. The van der Waals surface area contributed by atoms with Gasteiger partial charge in [0.25, 0.3) is 0 Å². The van der Waals surface area contributed by atoms with Gasteiger partial charge in [-0.1, -0.05) is 13.3 Å². The number of carbonyl (C=O) groups is 1. The number of hydrogen-bond donors (Lipinski definition) is 0. The summed E-state index contributed by atoms with van der Waals surface area (Å²) in [6.07, 6.45) is 8.82. The van der Waals surface area contributed by atoms with E-state index in [1.807, 2.05) is 7.05 Å². The maximum absolute atomic E-state index is 9.75. The fourth-order valence-electron chi connectivity index (χ4n) is 0.975. The molecule has 1 aromatic heterocycles. The van der Waals surface area contributed by atoms with Gasteiger partial charge in [-0.3, -0.25) is 0 Å². The van der Waals surface area contributed by atoms with Gasteiger partial charge >= 0.3 is 7.25 Å². The van der Waals surface area contributed by atoms with E-state index in [1.165, 1.54) is 26.7 Å². The van der Waals surface area contributed by atoms with Crippen LogP contribution in [0.2, 0.25) is 0 Å². The molecule has 0 unspecified atom stereocenters. The molecular formula is C11H21BF4N2O. The minimum atomic E-state index is -6.00. The standard InChI is InChI=1S/C8H15N2.C3H6O.BF4/c1-3-4-5-10-7-6-9(2)8-10;1-3(2)4;2-1(3,4)5/h6-8H,3-5H2,1-2H3;1-2H3;/q+1;;-1. The predicted octanol–water partition coefficient (Wildman–Crippen LogP) is 3.01. The number of carbonyl (C=O) groups excluding carboxylic acids is 1. The van der Waals surface area contributed by atoms with E-state index < -0.39 is 7.25 Å². The lowest BCUT2D eigenvalue weighted by molar-refractivity contribution is -0.671. The van der Waals surface area contributed by atoms with Crippen LogP contribution in [0.3, 0.4) is 0 Å². The highest BCUT2D eigenvalue weighted by atomic mass is 19.5. The summed E-state index contributed by atoms with van der Waals surface area (Å²) in [5.74, 6) is 0.167. The Morgan fingerprint density at radius 2 is 1.68 bits per heavy atom. The van der Waals surface area contributed by atoms with Gasteiger partial charge in [0, 0.05) is 0 Å². The van der Waals surface area contributed by atoms with E-state index in [4.69, 9.17) is 0 Å². The molecule has 0 bridgehead atoms. The second-order valence-electron chi connectivity index (χ2n) is 4.07. The van der Waals surface area contributed by atoms with E-state index in [2.05, 4.69) is 34.8 Å². The van der Waals surface area contributed by atoms with Crippen LogP contribution >= 0.6 is 0 Å². The molecule has 8 heteroatoms. The van der Waals surface area contributed by atoms with Crippen molar-refractivity contribution in [3.63, 3.8) is 0 Å². The van der Waals surface area contributed by atoms with Crippen LogP contribution in [0.25, 0.3) is 0 Å². The second-order valence-corrected chi connectivity index (χ2v) is 4.07. The van der Waals surface area contributed by atoms with Crippen LogP contribution < -0.4 is 4.57 Å². The molecule has 0 saturated carbocycles. The quantitative estimate of drug-likeness (QED) is 0.476. The first-order chi connectivity index (χ1) is 8.56. The number of ketones is 1. The van der Waals surface area contributed by atoms with E-state index in [0.717, 1.165) is 6.54 Å². The Hall–Kier alpha value is -1.34. The Morgan fingerprint density at radius 3 is 1.95 bits per heavy atom. The fraction of sp³-hybridized carbons (Fsp3) is 0.636. The number of hydrogen-bond acceptors (Lipinski definition) is 1. The van der Waals surface area contributed by atoms with Crippen LogP contribution in [0.1, 0.15) is 33.6 Å². The van der Waals surface area contributed by atoms with Gasteiger partial charge in [-0.05, 0) is 20.3 Å². The van der Waals surface area contributed by atoms with Crippen LogP contribution in [0.4, 0.5) is 17.3 Å². The molecule has 0 amide bonds. The summed E-state index contributed by atoms with van der Waals surface area (Å²) in [4.78, 5) is 9.44. The van der Waals surface area contributed by atoms with E-state index in [1.54, 1.807) is 0 Å². The lowest BCUT2D eigenvalue weighted by Crippen LogP contribution is -2.23. The summed E-state index contributed by atoms with van der Waals surface area (Å²) in [6.45, 7) is 6.42. The molecule has 1 aromatic rings. The topological polar surface area (TPSA) is 25.9 Å². The average Bonchev–Trinajstić information content (AvgIpc) is 2.57. The third kappa shape index (κ3) is 26.3. The molecule has 1 heterocycles. The van der Waals surface area contributed by atoms with E-state index in [-0.39, 0.29) is 5.78 Å². The van der Waals surface area contributed by atoms with E-state index >= 15 is 0 Å². The van der Waals surface area contributed by atoms with Crippen molar-refractivity contribution in [3.05, 3.63) is 18.7 Å². The van der Waals surface area contributed by atoms with Crippen molar-refractivity contribution in [2.75, 3.05) is 0 Å². The van der Waals surface area contributed by atoms with Crippen molar-refractivity contribution in [3.8, 4) is 0 Å². The molecule has 0 aromatic carbocycles. The highest BCUT2D eigenvalue weighted by molar-refractivity contribution is 6.50. The van der Waals surface area contributed by atoms with Gasteiger partial charge < -0.3 is 22.1 Å².